The third-order valence-corrected chi connectivity index (χ3v) is 3.49. The van der Waals surface area contributed by atoms with Crippen molar-refractivity contribution in [3.63, 3.8) is 0 Å². The van der Waals surface area contributed by atoms with Crippen LogP contribution in [0.2, 0.25) is 0 Å². The number of carbonyl (C=O) groups excluding carboxylic acids is 1. The number of carboxylic acids is 1. The van der Waals surface area contributed by atoms with Crippen molar-refractivity contribution < 1.29 is 19.7 Å². The van der Waals surface area contributed by atoms with Gasteiger partial charge in [0.05, 0.1) is 12.5 Å². The van der Waals surface area contributed by atoms with E-state index < -0.39 is 5.97 Å². The van der Waals surface area contributed by atoms with Crippen molar-refractivity contribution in [1.82, 2.24) is 4.90 Å². The fourth-order valence-electron chi connectivity index (χ4n) is 2.55. The molecular weight excluding hydrogens is 244 g/mol. The highest BCUT2D eigenvalue weighted by Gasteiger charge is 2.28. The Bertz CT molecular complexity index is 447. The Kier molecular flexibility index (Phi) is 4.49. The summed E-state index contributed by atoms with van der Waals surface area (Å²) in [5, 5.41) is 8.67. The fourth-order valence-corrected chi connectivity index (χ4v) is 2.55. The molecule has 102 valence electrons. The zero-order valence-electron chi connectivity index (χ0n) is 10.8. The molecule has 2 rings (SSSR count). The topological polar surface area (TPSA) is 71.8 Å². The number of carbonyl (C=O) groups is 2. The molecule has 1 atom stereocenters. The van der Waals surface area contributed by atoms with Gasteiger partial charge in [-0.3, -0.25) is 9.59 Å². The van der Waals surface area contributed by atoms with Gasteiger partial charge in [0.1, 0.15) is 0 Å². The van der Waals surface area contributed by atoms with E-state index in [1.807, 2.05) is 29.4 Å². The van der Waals surface area contributed by atoms with Crippen LogP contribution >= 0.6 is 0 Å². The van der Waals surface area contributed by atoms with Crippen LogP contribution in [0, 0.1) is 0 Å². The van der Waals surface area contributed by atoms with Crippen LogP contribution in [0.25, 0.3) is 0 Å². The van der Waals surface area contributed by atoms with Gasteiger partial charge in [-0.2, -0.15) is 0 Å². The van der Waals surface area contributed by atoms with Crippen LogP contribution in [-0.4, -0.2) is 28.4 Å². The van der Waals surface area contributed by atoms with Crippen LogP contribution in [0.3, 0.4) is 0 Å². The highest BCUT2D eigenvalue weighted by molar-refractivity contribution is 5.81. The number of amides is 1. The minimum atomic E-state index is -0.921. The van der Waals surface area contributed by atoms with Crippen molar-refractivity contribution >= 4 is 11.9 Å². The minimum absolute atomic E-state index is 0.0593. The fraction of sp³-hybridized carbons (Fsp3) is 0.500. The van der Waals surface area contributed by atoms with Gasteiger partial charge in [-0.1, -0.05) is 0 Å². The third kappa shape index (κ3) is 3.53. The standard InChI is InChI=1S/C14H18N2O3/c17-13(6-7-14(18)19)16-9-2-1-5-12(16)11-4-3-8-15-10-11/h3-4,8,10,12H,1-2,5-7,9H2,(H,18,19)/p+1. The molecule has 0 spiro atoms. The Morgan fingerprint density at radius 3 is 2.89 bits per heavy atom. The van der Waals surface area contributed by atoms with Crippen molar-refractivity contribution in [2.45, 2.75) is 38.1 Å². The molecule has 1 fully saturated rings. The van der Waals surface area contributed by atoms with E-state index in [2.05, 4.69) is 4.98 Å². The second-order valence-electron chi connectivity index (χ2n) is 4.83. The van der Waals surface area contributed by atoms with Crippen LogP contribution in [-0.2, 0) is 9.59 Å². The van der Waals surface area contributed by atoms with E-state index in [4.69, 9.17) is 5.11 Å². The third-order valence-electron chi connectivity index (χ3n) is 3.49. The van der Waals surface area contributed by atoms with Crippen molar-refractivity contribution in [3.8, 4) is 0 Å². The number of nitrogens with one attached hydrogen (secondary N) is 1. The number of aromatic nitrogens is 1. The summed E-state index contributed by atoms with van der Waals surface area (Å²) in [6.45, 7) is 0.720. The summed E-state index contributed by atoms with van der Waals surface area (Å²) in [4.78, 5) is 27.6. The second kappa shape index (κ2) is 6.31. The Hall–Kier alpha value is -1.91. The molecule has 1 aromatic heterocycles. The number of H-pyrrole nitrogens is 1. The van der Waals surface area contributed by atoms with Gasteiger partial charge in [0.25, 0.3) is 0 Å². The van der Waals surface area contributed by atoms with E-state index in [1.165, 1.54) is 0 Å². The molecule has 1 unspecified atom stereocenters. The van der Waals surface area contributed by atoms with Crippen LogP contribution in [0.5, 0.6) is 0 Å². The molecule has 0 aliphatic carbocycles. The molecule has 1 aliphatic rings. The number of pyridine rings is 1. The van der Waals surface area contributed by atoms with Gasteiger partial charge < -0.3 is 10.0 Å². The molecule has 5 heteroatoms. The van der Waals surface area contributed by atoms with Gasteiger partial charge in [0.15, 0.2) is 12.4 Å². The van der Waals surface area contributed by atoms with Crippen LogP contribution in [0.15, 0.2) is 24.5 Å². The maximum Gasteiger partial charge on any atom is 0.303 e. The SMILES string of the molecule is O=C(O)CCC(=O)N1CCCCC1c1ccc[nH+]c1. The van der Waals surface area contributed by atoms with Crippen molar-refractivity contribution in [2.75, 3.05) is 6.54 Å². The number of aromatic amines is 1. The molecule has 1 aromatic rings. The lowest BCUT2D eigenvalue weighted by Gasteiger charge is -2.35. The average Bonchev–Trinajstić information content (AvgIpc) is 2.45. The first-order chi connectivity index (χ1) is 9.18. The lowest BCUT2D eigenvalue weighted by atomic mass is 9.96. The van der Waals surface area contributed by atoms with E-state index >= 15 is 0 Å². The van der Waals surface area contributed by atoms with Gasteiger partial charge in [-0.05, 0) is 25.3 Å². The van der Waals surface area contributed by atoms with Crippen LogP contribution in [0.1, 0.15) is 43.7 Å². The second-order valence-corrected chi connectivity index (χ2v) is 4.83. The van der Waals surface area contributed by atoms with Crippen molar-refractivity contribution in [2.24, 2.45) is 0 Å². The van der Waals surface area contributed by atoms with E-state index in [0.717, 1.165) is 31.4 Å². The molecule has 0 saturated carbocycles. The maximum atomic E-state index is 12.1. The quantitative estimate of drug-likeness (QED) is 0.893. The van der Waals surface area contributed by atoms with E-state index in [-0.39, 0.29) is 24.8 Å². The maximum absolute atomic E-state index is 12.1. The van der Waals surface area contributed by atoms with Crippen molar-refractivity contribution in [3.05, 3.63) is 30.1 Å². The molecule has 5 nitrogen and oxygen atoms in total. The number of hydrogen-bond acceptors (Lipinski definition) is 2. The Morgan fingerprint density at radius 2 is 2.21 bits per heavy atom. The number of likely N-dealkylation sites (tertiary alicyclic amines) is 1. The number of piperidine rings is 1. The predicted octanol–water partition coefficient (Wildman–Crippen LogP) is 1.42. The van der Waals surface area contributed by atoms with Crippen LogP contribution in [0.4, 0.5) is 0 Å². The van der Waals surface area contributed by atoms with Gasteiger partial charge in [-0.25, -0.2) is 4.98 Å². The average molecular weight is 263 g/mol. The summed E-state index contributed by atoms with van der Waals surface area (Å²) in [5.41, 5.74) is 1.09. The first-order valence-corrected chi connectivity index (χ1v) is 6.66. The number of aliphatic carboxylic acids is 1. The van der Waals surface area contributed by atoms with Gasteiger partial charge in [-0.15, -0.1) is 0 Å². The monoisotopic (exact) mass is 263 g/mol. The molecule has 0 bridgehead atoms. The van der Waals surface area contributed by atoms with Crippen molar-refractivity contribution in [1.29, 1.82) is 0 Å². The smallest absolute Gasteiger partial charge is 0.303 e. The number of nitrogens with zero attached hydrogens (tertiary/aromatic N) is 1. The zero-order chi connectivity index (χ0) is 13.7. The summed E-state index contributed by atoms with van der Waals surface area (Å²) in [5.74, 6) is -0.981. The molecule has 2 N–H and O–H groups in total. The zero-order valence-corrected chi connectivity index (χ0v) is 10.8. The minimum Gasteiger partial charge on any atom is -0.481 e. The Balaban J connectivity index is 2.08. The number of hydrogen-bond donors (Lipinski definition) is 1. The summed E-state index contributed by atoms with van der Waals surface area (Å²) in [6.07, 6.45) is 6.77. The predicted molar refractivity (Wildman–Crippen MR) is 68.2 cm³/mol. The van der Waals surface area contributed by atoms with E-state index in [9.17, 15) is 9.59 Å². The van der Waals surface area contributed by atoms with E-state index in [0.29, 0.717) is 0 Å². The summed E-state index contributed by atoms with van der Waals surface area (Å²) < 4.78 is 0. The Morgan fingerprint density at radius 1 is 1.37 bits per heavy atom. The molecule has 19 heavy (non-hydrogen) atoms. The van der Waals surface area contributed by atoms with Gasteiger partial charge >= 0.3 is 5.97 Å². The largest absolute Gasteiger partial charge is 0.481 e. The molecule has 0 aromatic carbocycles. The molecule has 0 radical (unpaired) electrons. The van der Waals surface area contributed by atoms with Gasteiger partial charge in [0, 0.05) is 24.6 Å². The summed E-state index contributed by atoms with van der Waals surface area (Å²) in [6, 6.07) is 4.00. The molecule has 1 saturated heterocycles. The lowest BCUT2D eigenvalue weighted by Crippen LogP contribution is -2.38. The molecule has 2 heterocycles. The Labute approximate surface area is 112 Å². The number of carboxylic acid groups (broad SMARTS) is 1. The highest BCUT2D eigenvalue weighted by atomic mass is 16.4. The highest BCUT2D eigenvalue weighted by Crippen LogP contribution is 2.30. The summed E-state index contributed by atoms with van der Waals surface area (Å²) in [7, 11) is 0. The van der Waals surface area contributed by atoms with E-state index in [1.54, 1.807) is 0 Å². The normalized spacial score (nSPS) is 19.2. The first kappa shape index (κ1) is 13.5. The summed E-state index contributed by atoms with van der Waals surface area (Å²) >= 11 is 0. The van der Waals surface area contributed by atoms with Gasteiger partial charge in [0.2, 0.25) is 5.91 Å². The molecular formula is C14H19N2O3+. The first-order valence-electron chi connectivity index (χ1n) is 6.66. The van der Waals surface area contributed by atoms with Crippen LogP contribution < -0.4 is 4.98 Å². The molecule has 1 aliphatic heterocycles. The molecule has 1 amide bonds. The number of rotatable bonds is 4. The lowest BCUT2D eigenvalue weighted by molar-refractivity contribution is -0.379.